The zero-order chi connectivity index (χ0) is 15.7. The first kappa shape index (κ1) is 14.6. The van der Waals surface area contributed by atoms with E-state index >= 15 is 0 Å². The number of ether oxygens (including phenoxy) is 1. The molecule has 0 saturated carbocycles. The van der Waals surface area contributed by atoms with E-state index in [4.69, 9.17) is 9.72 Å². The van der Waals surface area contributed by atoms with Gasteiger partial charge in [-0.2, -0.15) is 0 Å². The minimum atomic E-state index is -0.0721. The summed E-state index contributed by atoms with van der Waals surface area (Å²) < 4.78 is 7.53. The molecule has 0 aliphatic carbocycles. The molecule has 0 fully saturated rings. The molecule has 0 unspecified atom stereocenters. The summed E-state index contributed by atoms with van der Waals surface area (Å²) in [5, 5.41) is 0. The number of imidazole rings is 1. The van der Waals surface area contributed by atoms with Crippen LogP contribution in [-0.4, -0.2) is 21.6 Å². The van der Waals surface area contributed by atoms with E-state index < -0.39 is 0 Å². The van der Waals surface area contributed by atoms with Crippen LogP contribution in [0.3, 0.4) is 0 Å². The lowest BCUT2D eigenvalue weighted by atomic mass is 10.1. The smallest absolute Gasteiger partial charge is 0.160 e. The third kappa shape index (κ3) is 2.69. The predicted octanol–water partition coefficient (Wildman–Crippen LogP) is 3.79. The summed E-state index contributed by atoms with van der Waals surface area (Å²) in [6.07, 6.45) is 2.58. The highest BCUT2D eigenvalue weighted by Crippen LogP contribution is 2.25. The Hall–Kier alpha value is -2.36. The molecule has 0 N–H and O–H groups in total. The van der Waals surface area contributed by atoms with Gasteiger partial charge in [0.2, 0.25) is 0 Å². The molecule has 0 saturated heterocycles. The third-order valence-electron chi connectivity index (χ3n) is 3.65. The van der Waals surface area contributed by atoms with Crippen LogP contribution in [0.5, 0.6) is 5.75 Å². The lowest BCUT2D eigenvalue weighted by molar-refractivity contribution is 0.394. The molecule has 4 nitrogen and oxygen atoms in total. The summed E-state index contributed by atoms with van der Waals surface area (Å²) >= 11 is 0. The minimum absolute atomic E-state index is 0.0721. The van der Waals surface area contributed by atoms with Gasteiger partial charge in [-0.3, -0.25) is 0 Å². The molecular weight excluding hydrogens is 274 g/mol. The average molecular weight is 295 g/mol. The molecule has 3 rings (SSSR count). The molecule has 0 spiro atoms. The predicted molar refractivity (Wildman–Crippen MR) is 88.3 cm³/mol. The molecule has 3 aromatic rings. The maximum Gasteiger partial charge on any atom is 0.160 e. The van der Waals surface area contributed by atoms with Crippen molar-refractivity contribution in [1.82, 2.24) is 14.5 Å². The second-order valence-corrected chi connectivity index (χ2v) is 6.41. The Morgan fingerprint density at radius 3 is 2.68 bits per heavy atom. The van der Waals surface area contributed by atoms with Crippen LogP contribution in [0.1, 0.15) is 32.2 Å². The first-order chi connectivity index (χ1) is 10.5. The highest BCUT2D eigenvalue weighted by molar-refractivity contribution is 5.71. The number of fused-ring (bicyclic) bond motifs is 1. The average Bonchev–Trinajstić information content (AvgIpc) is 2.85. The van der Waals surface area contributed by atoms with Crippen LogP contribution in [-0.2, 0) is 12.0 Å². The normalized spacial score (nSPS) is 11.8. The van der Waals surface area contributed by atoms with Gasteiger partial charge in [0.1, 0.15) is 17.1 Å². The van der Waals surface area contributed by atoms with E-state index in [-0.39, 0.29) is 5.54 Å². The van der Waals surface area contributed by atoms with Gasteiger partial charge in [0.05, 0.1) is 7.11 Å². The molecule has 1 aromatic carbocycles. The van der Waals surface area contributed by atoms with E-state index in [0.717, 1.165) is 29.2 Å². The molecule has 2 heterocycles. The van der Waals surface area contributed by atoms with Crippen LogP contribution in [0.2, 0.25) is 0 Å². The van der Waals surface area contributed by atoms with Gasteiger partial charge in [0, 0.05) is 18.2 Å². The molecule has 0 aliphatic heterocycles. The summed E-state index contributed by atoms with van der Waals surface area (Å²) in [6.45, 7) is 6.54. The number of nitrogens with zero attached hydrogens (tertiary/aromatic N) is 3. The third-order valence-corrected chi connectivity index (χ3v) is 3.65. The Morgan fingerprint density at radius 1 is 1.14 bits per heavy atom. The van der Waals surface area contributed by atoms with Gasteiger partial charge in [-0.25, -0.2) is 9.97 Å². The second-order valence-electron chi connectivity index (χ2n) is 6.41. The lowest BCUT2D eigenvalue weighted by Crippen LogP contribution is -2.24. The maximum atomic E-state index is 5.31. The number of aromatic nitrogens is 3. The van der Waals surface area contributed by atoms with Crippen molar-refractivity contribution in [3.63, 3.8) is 0 Å². The van der Waals surface area contributed by atoms with E-state index in [1.54, 1.807) is 7.11 Å². The van der Waals surface area contributed by atoms with E-state index in [9.17, 15) is 0 Å². The Balaban J connectivity index is 2.10. The van der Waals surface area contributed by atoms with Gasteiger partial charge >= 0.3 is 0 Å². The van der Waals surface area contributed by atoms with Gasteiger partial charge in [-0.05, 0) is 50.6 Å². The number of rotatable bonds is 3. The Kier molecular flexibility index (Phi) is 3.61. The molecule has 0 aliphatic rings. The lowest BCUT2D eigenvalue weighted by Gasteiger charge is -2.24. The number of methoxy groups -OCH3 is 1. The Bertz CT molecular complexity index is 799. The molecular formula is C18H21N3O. The van der Waals surface area contributed by atoms with Crippen molar-refractivity contribution in [2.75, 3.05) is 7.11 Å². The van der Waals surface area contributed by atoms with Crippen molar-refractivity contribution in [3.8, 4) is 5.75 Å². The van der Waals surface area contributed by atoms with E-state index in [0.29, 0.717) is 0 Å². The van der Waals surface area contributed by atoms with Crippen LogP contribution >= 0.6 is 0 Å². The zero-order valence-corrected chi connectivity index (χ0v) is 13.5. The molecule has 0 atom stereocenters. The SMILES string of the molecule is COc1cccc(Cc2nc3cccnc3n2C(C)(C)C)c1. The molecule has 0 bridgehead atoms. The molecule has 0 amide bonds. The summed E-state index contributed by atoms with van der Waals surface area (Å²) in [4.78, 5) is 9.31. The van der Waals surface area contributed by atoms with Gasteiger partial charge in [0.15, 0.2) is 5.65 Å². The van der Waals surface area contributed by atoms with Gasteiger partial charge in [-0.1, -0.05) is 12.1 Å². The first-order valence-corrected chi connectivity index (χ1v) is 7.45. The number of pyridine rings is 1. The summed E-state index contributed by atoms with van der Waals surface area (Å²) in [5.41, 5.74) is 2.99. The minimum Gasteiger partial charge on any atom is -0.497 e. The van der Waals surface area contributed by atoms with Crippen molar-refractivity contribution >= 4 is 11.2 Å². The topological polar surface area (TPSA) is 39.9 Å². The fourth-order valence-corrected chi connectivity index (χ4v) is 2.75. The van der Waals surface area contributed by atoms with Crippen molar-refractivity contribution < 1.29 is 4.74 Å². The van der Waals surface area contributed by atoms with E-state index in [2.05, 4.69) is 42.5 Å². The summed E-state index contributed by atoms with van der Waals surface area (Å²) in [5.74, 6) is 1.89. The Morgan fingerprint density at radius 2 is 1.95 bits per heavy atom. The van der Waals surface area contributed by atoms with E-state index in [1.807, 2.05) is 30.5 Å². The number of benzene rings is 1. The number of hydrogen-bond donors (Lipinski definition) is 0. The van der Waals surface area contributed by atoms with Crippen molar-refractivity contribution in [2.45, 2.75) is 32.7 Å². The molecule has 114 valence electrons. The van der Waals surface area contributed by atoms with E-state index in [1.165, 1.54) is 5.56 Å². The standard InChI is InChI=1S/C18H21N3O/c1-18(2,3)21-16(20-15-9-6-10-19-17(15)21)12-13-7-5-8-14(11-13)22-4/h5-11H,12H2,1-4H3. The van der Waals surface area contributed by atoms with Crippen LogP contribution in [0.15, 0.2) is 42.6 Å². The molecule has 22 heavy (non-hydrogen) atoms. The van der Waals surface area contributed by atoms with Crippen LogP contribution < -0.4 is 4.74 Å². The largest absolute Gasteiger partial charge is 0.497 e. The fourth-order valence-electron chi connectivity index (χ4n) is 2.75. The van der Waals surface area contributed by atoms with Crippen molar-refractivity contribution in [2.24, 2.45) is 0 Å². The number of hydrogen-bond acceptors (Lipinski definition) is 3. The summed E-state index contributed by atoms with van der Waals surface area (Å²) in [7, 11) is 1.69. The quantitative estimate of drug-likeness (QED) is 0.738. The first-order valence-electron chi connectivity index (χ1n) is 7.45. The monoisotopic (exact) mass is 295 g/mol. The van der Waals surface area contributed by atoms with Crippen molar-refractivity contribution in [3.05, 3.63) is 54.0 Å². The van der Waals surface area contributed by atoms with Crippen LogP contribution in [0.25, 0.3) is 11.2 Å². The molecule has 2 aromatic heterocycles. The van der Waals surface area contributed by atoms with Crippen LogP contribution in [0, 0.1) is 0 Å². The highest BCUT2D eigenvalue weighted by atomic mass is 16.5. The fraction of sp³-hybridized carbons (Fsp3) is 0.333. The van der Waals surface area contributed by atoms with Crippen LogP contribution in [0.4, 0.5) is 0 Å². The molecule has 0 radical (unpaired) electrons. The highest BCUT2D eigenvalue weighted by Gasteiger charge is 2.22. The molecule has 4 heteroatoms. The van der Waals surface area contributed by atoms with Crippen molar-refractivity contribution in [1.29, 1.82) is 0 Å². The Labute approximate surface area is 130 Å². The van der Waals surface area contributed by atoms with Gasteiger partial charge in [-0.15, -0.1) is 0 Å². The maximum absolute atomic E-state index is 5.31. The summed E-state index contributed by atoms with van der Waals surface area (Å²) in [6, 6.07) is 12.1. The zero-order valence-electron chi connectivity index (χ0n) is 13.5. The van der Waals surface area contributed by atoms with Gasteiger partial charge < -0.3 is 9.30 Å². The second kappa shape index (κ2) is 5.44. The van der Waals surface area contributed by atoms with Gasteiger partial charge in [0.25, 0.3) is 0 Å².